The van der Waals surface area contributed by atoms with Gasteiger partial charge in [0.1, 0.15) is 0 Å². The van der Waals surface area contributed by atoms with Crippen LogP contribution in [0, 0.1) is 12.8 Å². The van der Waals surface area contributed by atoms with Crippen LogP contribution in [0.3, 0.4) is 0 Å². The number of aliphatic imine (C=N–C) groups is 1. The van der Waals surface area contributed by atoms with Crippen molar-refractivity contribution in [3.05, 3.63) is 11.7 Å². The van der Waals surface area contributed by atoms with Crippen molar-refractivity contribution in [3.63, 3.8) is 0 Å². The fraction of sp³-hybridized carbons (Fsp3) is 0.769. The third kappa shape index (κ3) is 5.72. The number of hydrogen-bond donors (Lipinski definition) is 2. The molecule has 6 heteroatoms. The van der Waals surface area contributed by atoms with E-state index in [0.29, 0.717) is 24.1 Å². The number of aromatic nitrogens is 2. The van der Waals surface area contributed by atoms with E-state index >= 15 is 0 Å². The molecule has 2 N–H and O–H groups in total. The number of aryl methyl sites for hydroxylation is 1. The highest BCUT2D eigenvalue weighted by Crippen LogP contribution is 2.04. The zero-order valence-electron chi connectivity index (χ0n) is 12.4. The molecule has 0 aliphatic rings. The molecule has 0 aliphatic heterocycles. The van der Waals surface area contributed by atoms with Crippen LogP contribution >= 0.6 is 0 Å². The second kappa shape index (κ2) is 8.50. The van der Waals surface area contributed by atoms with Crippen LogP contribution < -0.4 is 10.6 Å². The Bertz CT molecular complexity index is 384. The van der Waals surface area contributed by atoms with Crippen molar-refractivity contribution in [3.8, 4) is 0 Å². The van der Waals surface area contributed by atoms with Gasteiger partial charge in [0.05, 0.1) is 0 Å². The second-order valence-electron chi connectivity index (χ2n) is 4.55. The number of rotatable bonds is 7. The molecule has 0 atom stereocenters. The molecule has 1 aromatic heterocycles. The summed E-state index contributed by atoms with van der Waals surface area (Å²) >= 11 is 0. The molecule has 6 nitrogen and oxygen atoms in total. The highest BCUT2D eigenvalue weighted by atomic mass is 16.5. The van der Waals surface area contributed by atoms with Gasteiger partial charge >= 0.3 is 0 Å². The zero-order valence-corrected chi connectivity index (χ0v) is 12.4. The van der Waals surface area contributed by atoms with Gasteiger partial charge in [0.15, 0.2) is 11.8 Å². The lowest BCUT2D eigenvalue weighted by Crippen LogP contribution is -2.40. The summed E-state index contributed by atoms with van der Waals surface area (Å²) in [7, 11) is 1.78. The van der Waals surface area contributed by atoms with Crippen LogP contribution in [0.2, 0.25) is 0 Å². The molecule has 1 rings (SSSR count). The van der Waals surface area contributed by atoms with Gasteiger partial charge < -0.3 is 15.2 Å². The molecule has 1 heterocycles. The topological polar surface area (TPSA) is 75.3 Å². The molecular weight excluding hydrogens is 242 g/mol. The first-order chi connectivity index (χ1) is 9.19. The van der Waals surface area contributed by atoms with Crippen molar-refractivity contribution in [1.29, 1.82) is 0 Å². The molecule has 0 amide bonds. The molecule has 1 aromatic rings. The molecule has 19 heavy (non-hydrogen) atoms. The predicted molar refractivity (Wildman–Crippen MR) is 76.2 cm³/mol. The summed E-state index contributed by atoms with van der Waals surface area (Å²) in [6.45, 7) is 7.92. The standard InChI is InChI=1S/C13H25N5O/c1-5-11(6-2)9-16-13(14-4)15-8-7-12-17-10(3)18-19-12/h11H,5-9H2,1-4H3,(H2,14,15,16). The van der Waals surface area contributed by atoms with Crippen LogP contribution in [0.5, 0.6) is 0 Å². The molecular formula is C13H25N5O. The maximum atomic E-state index is 5.05. The maximum Gasteiger partial charge on any atom is 0.228 e. The first kappa shape index (κ1) is 15.5. The van der Waals surface area contributed by atoms with Crippen LogP contribution in [0.4, 0.5) is 0 Å². The van der Waals surface area contributed by atoms with E-state index in [9.17, 15) is 0 Å². The van der Waals surface area contributed by atoms with Gasteiger partial charge in [-0.3, -0.25) is 4.99 Å². The monoisotopic (exact) mass is 267 g/mol. The molecule has 0 spiro atoms. The Morgan fingerprint density at radius 2 is 2.05 bits per heavy atom. The van der Waals surface area contributed by atoms with Crippen molar-refractivity contribution >= 4 is 5.96 Å². The Labute approximate surface area is 115 Å². The Morgan fingerprint density at radius 3 is 2.58 bits per heavy atom. The minimum Gasteiger partial charge on any atom is -0.356 e. The minimum atomic E-state index is 0.653. The summed E-state index contributed by atoms with van der Waals surface area (Å²) in [5.41, 5.74) is 0. The van der Waals surface area contributed by atoms with E-state index < -0.39 is 0 Å². The summed E-state index contributed by atoms with van der Waals surface area (Å²) in [5.74, 6) is 2.84. The predicted octanol–water partition coefficient (Wildman–Crippen LogP) is 1.52. The van der Waals surface area contributed by atoms with Crippen LogP contribution in [-0.2, 0) is 6.42 Å². The van der Waals surface area contributed by atoms with Crippen LogP contribution in [0.15, 0.2) is 9.52 Å². The van der Waals surface area contributed by atoms with Gasteiger partial charge in [-0.2, -0.15) is 4.98 Å². The Balaban J connectivity index is 2.25. The van der Waals surface area contributed by atoms with Crippen LogP contribution in [0.1, 0.15) is 38.4 Å². The molecule has 0 unspecified atom stereocenters. The molecule has 0 radical (unpaired) electrons. The lowest BCUT2D eigenvalue weighted by atomic mass is 10.0. The van der Waals surface area contributed by atoms with E-state index in [2.05, 4.69) is 39.6 Å². The van der Waals surface area contributed by atoms with Crippen molar-refractivity contribution < 1.29 is 4.52 Å². The average Bonchev–Trinajstić information content (AvgIpc) is 2.83. The number of nitrogens with zero attached hydrogens (tertiary/aromatic N) is 3. The lowest BCUT2D eigenvalue weighted by molar-refractivity contribution is 0.374. The normalized spacial score (nSPS) is 11.9. The van der Waals surface area contributed by atoms with E-state index in [1.54, 1.807) is 7.05 Å². The number of guanidine groups is 1. The quantitative estimate of drug-likeness (QED) is 0.578. The summed E-state index contributed by atoms with van der Waals surface area (Å²) in [6, 6.07) is 0. The van der Waals surface area contributed by atoms with Gasteiger partial charge in [0.25, 0.3) is 0 Å². The van der Waals surface area contributed by atoms with E-state index in [-0.39, 0.29) is 0 Å². The van der Waals surface area contributed by atoms with Crippen molar-refractivity contribution in [2.24, 2.45) is 10.9 Å². The molecule has 0 saturated carbocycles. The SMILES string of the molecule is CCC(CC)CNC(=NC)NCCc1nc(C)no1. The third-order valence-electron chi connectivity index (χ3n) is 3.14. The summed E-state index contributed by atoms with van der Waals surface area (Å²) in [5, 5.41) is 10.3. The third-order valence-corrected chi connectivity index (χ3v) is 3.14. The van der Waals surface area contributed by atoms with Crippen molar-refractivity contribution in [1.82, 2.24) is 20.8 Å². The molecule has 0 saturated heterocycles. The van der Waals surface area contributed by atoms with Crippen LogP contribution in [0.25, 0.3) is 0 Å². The highest BCUT2D eigenvalue weighted by molar-refractivity contribution is 5.79. The van der Waals surface area contributed by atoms with E-state index in [4.69, 9.17) is 4.52 Å². The molecule has 0 aromatic carbocycles. The second-order valence-corrected chi connectivity index (χ2v) is 4.55. The fourth-order valence-corrected chi connectivity index (χ4v) is 1.77. The number of hydrogen-bond acceptors (Lipinski definition) is 4. The molecule has 108 valence electrons. The smallest absolute Gasteiger partial charge is 0.228 e. The largest absolute Gasteiger partial charge is 0.356 e. The van der Waals surface area contributed by atoms with Gasteiger partial charge in [0, 0.05) is 26.6 Å². The molecule has 0 bridgehead atoms. The van der Waals surface area contributed by atoms with Crippen molar-refractivity contribution in [2.75, 3.05) is 20.1 Å². The lowest BCUT2D eigenvalue weighted by Gasteiger charge is -2.16. The van der Waals surface area contributed by atoms with Gasteiger partial charge in [0.2, 0.25) is 5.89 Å². The Morgan fingerprint density at radius 1 is 1.32 bits per heavy atom. The van der Waals surface area contributed by atoms with Gasteiger partial charge in [-0.1, -0.05) is 31.8 Å². The summed E-state index contributed by atoms with van der Waals surface area (Å²) in [6.07, 6.45) is 3.07. The zero-order chi connectivity index (χ0) is 14.1. The fourth-order valence-electron chi connectivity index (χ4n) is 1.77. The van der Waals surface area contributed by atoms with Gasteiger partial charge in [-0.25, -0.2) is 0 Å². The summed E-state index contributed by atoms with van der Waals surface area (Å²) < 4.78 is 5.05. The van der Waals surface area contributed by atoms with E-state index in [1.165, 1.54) is 12.8 Å². The minimum absolute atomic E-state index is 0.653. The molecule has 0 aliphatic carbocycles. The van der Waals surface area contributed by atoms with Crippen molar-refractivity contribution in [2.45, 2.75) is 40.0 Å². The van der Waals surface area contributed by atoms with Crippen LogP contribution in [-0.4, -0.2) is 36.2 Å². The van der Waals surface area contributed by atoms with E-state index in [1.807, 2.05) is 6.92 Å². The Hall–Kier alpha value is -1.59. The van der Waals surface area contributed by atoms with Gasteiger partial charge in [-0.05, 0) is 12.8 Å². The maximum absolute atomic E-state index is 5.05. The first-order valence-electron chi connectivity index (χ1n) is 6.93. The van der Waals surface area contributed by atoms with E-state index in [0.717, 1.165) is 19.0 Å². The Kier molecular flexibility index (Phi) is 6.92. The first-order valence-corrected chi connectivity index (χ1v) is 6.93. The number of nitrogens with one attached hydrogen (secondary N) is 2. The summed E-state index contributed by atoms with van der Waals surface area (Å²) in [4.78, 5) is 8.35. The van der Waals surface area contributed by atoms with Gasteiger partial charge in [-0.15, -0.1) is 0 Å². The highest BCUT2D eigenvalue weighted by Gasteiger charge is 2.06. The average molecular weight is 267 g/mol. The molecule has 0 fully saturated rings.